The molecule has 32 heavy (non-hydrogen) atoms. The molecule has 1 amide bonds. The molecule has 1 fully saturated rings. The number of anilines is 1. The zero-order chi connectivity index (χ0) is 22.3. The largest absolute Gasteiger partial charge is 0.379 e. The van der Waals surface area contributed by atoms with Crippen LogP contribution in [0.15, 0.2) is 60.5 Å². The lowest BCUT2D eigenvalue weighted by Crippen LogP contribution is -2.49. The van der Waals surface area contributed by atoms with Crippen LogP contribution in [0.5, 0.6) is 0 Å². The number of carbonyl (C=O) groups is 1. The fourth-order valence-electron chi connectivity index (χ4n) is 3.46. The highest BCUT2D eigenvalue weighted by molar-refractivity contribution is 7.80. The van der Waals surface area contributed by atoms with Gasteiger partial charge in [0.1, 0.15) is 6.54 Å². The Labute approximate surface area is 191 Å². The standard InChI is InChI=1S/C23H22N6O2S/c24-10-12-25-22(30)18-3-1-17(2-4-18)21-9-11-26-23(27-21)29(28-13-15-31-16-14-28)19-5-7-20(32)8-6-19/h1-7,9,11H,8,12-16H2,(H,25,30). The smallest absolute Gasteiger partial charge is 0.252 e. The highest BCUT2D eigenvalue weighted by Gasteiger charge is 2.25. The number of allylic oxidation sites excluding steroid dienone is 3. The van der Waals surface area contributed by atoms with Gasteiger partial charge in [-0.25, -0.2) is 20.0 Å². The van der Waals surface area contributed by atoms with Crippen molar-refractivity contribution in [2.24, 2.45) is 0 Å². The van der Waals surface area contributed by atoms with Crippen LogP contribution in [-0.4, -0.2) is 58.6 Å². The molecule has 1 N–H and O–H groups in total. The van der Waals surface area contributed by atoms with Crippen molar-refractivity contribution in [2.45, 2.75) is 6.42 Å². The molecule has 1 saturated heterocycles. The summed E-state index contributed by atoms with van der Waals surface area (Å²) < 4.78 is 5.52. The summed E-state index contributed by atoms with van der Waals surface area (Å²) in [5.74, 6) is 0.276. The van der Waals surface area contributed by atoms with Gasteiger partial charge in [-0.15, -0.1) is 0 Å². The number of rotatable bonds is 6. The maximum absolute atomic E-state index is 12.0. The first-order valence-corrected chi connectivity index (χ1v) is 10.7. The van der Waals surface area contributed by atoms with Crippen LogP contribution in [0.1, 0.15) is 16.8 Å². The predicted molar refractivity (Wildman–Crippen MR) is 125 cm³/mol. The SMILES string of the molecule is N#CCNC(=O)c1ccc(-c2ccnc(N(C3=CCC(=S)C=C3)N3CCOCC3)n2)cc1. The third-order valence-electron chi connectivity index (χ3n) is 5.07. The molecule has 8 nitrogen and oxygen atoms in total. The van der Waals surface area contributed by atoms with Gasteiger partial charge in [0.15, 0.2) is 0 Å². The van der Waals surface area contributed by atoms with Crippen molar-refractivity contribution in [3.05, 3.63) is 66.0 Å². The molecule has 2 heterocycles. The Kier molecular flexibility index (Phi) is 6.97. The number of nitriles is 1. The molecule has 0 spiro atoms. The minimum atomic E-state index is -0.283. The molecule has 0 unspecified atom stereocenters. The Morgan fingerprint density at radius 2 is 2.00 bits per heavy atom. The molecule has 2 aliphatic rings. The summed E-state index contributed by atoms with van der Waals surface area (Å²) >= 11 is 5.30. The molecule has 0 saturated carbocycles. The normalized spacial score (nSPS) is 16.2. The number of hydrazine groups is 1. The minimum Gasteiger partial charge on any atom is -0.379 e. The number of hydrogen-bond donors (Lipinski definition) is 1. The molecule has 1 aromatic heterocycles. The van der Waals surface area contributed by atoms with Crippen LogP contribution in [0.3, 0.4) is 0 Å². The average Bonchev–Trinajstić information content (AvgIpc) is 2.85. The van der Waals surface area contributed by atoms with Crippen LogP contribution in [0.25, 0.3) is 11.3 Å². The quantitative estimate of drug-likeness (QED) is 0.535. The summed E-state index contributed by atoms with van der Waals surface area (Å²) in [6.07, 6.45) is 8.46. The monoisotopic (exact) mass is 446 g/mol. The molecule has 0 atom stereocenters. The highest BCUT2D eigenvalue weighted by atomic mass is 32.1. The maximum atomic E-state index is 12.0. The Hall–Kier alpha value is -3.45. The zero-order valence-corrected chi connectivity index (χ0v) is 18.2. The fraction of sp³-hybridized carbons (Fsp3) is 0.261. The van der Waals surface area contributed by atoms with E-state index in [-0.39, 0.29) is 12.5 Å². The third kappa shape index (κ3) is 5.06. The number of aromatic nitrogens is 2. The number of nitrogens with one attached hydrogen (secondary N) is 1. The molecule has 2 aromatic rings. The van der Waals surface area contributed by atoms with Crippen LogP contribution in [0.4, 0.5) is 5.95 Å². The van der Waals surface area contributed by atoms with Crippen LogP contribution in [0.2, 0.25) is 0 Å². The molecule has 9 heteroatoms. The van der Waals surface area contributed by atoms with E-state index in [1.165, 1.54) is 0 Å². The van der Waals surface area contributed by atoms with E-state index >= 15 is 0 Å². The van der Waals surface area contributed by atoms with E-state index in [1.54, 1.807) is 18.3 Å². The highest BCUT2D eigenvalue weighted by Crippen LogP contribution is 2.25. The molecular weight excluding hydrogens is 424 g/mol. The number of amides is 1. The number of carbonyl (C=O) groups excluding carboxylic acids is 1. The van der Waals surface area contributed by atoms with E-state index < -0.39 is 0 Å². The van der Waals surface area contributed by atoms with Gasteiger partial charge < -0.3 is 10.1 Å². The van der Waals surface area contributed by atoms with E-state index in [2.05, 4.69) is 21.4 Å². The molecular formula is C23H22N6O2S. The van der Waals surface area contributed by atoms with E-state index in [9.17, 15) is 4.79 Å². The predicted octanol–water partition coefficient (Wildman–Crippen LogP) is 2.66. The van der Waals surface area contributed by atoms with E-state index in [4.69, 9.17) is 27.2 Å². The minimum absolute atomic E-state index is 0.0255. The van der Waals surface area contributed by atoms with Crippen LogP contribution in [0, 0.1) is 11.3 Å². The fourth-order valence-corrected chi connectivity index (χ4v) is 3.61. The van der Waals surface area contributed by atoms with Crippen LogP contribution in [-0.2, 0) is 4.74 Å². The number of hydrogen-bond acceptors (Lipinski definition) is 8. The molecule has 0 radical (unpaired) electrons. The van der Waals surface area contributed by atoms with Crippen LogP contribution >= 0.6 is 12.2 Å². The van der Waals surface area contributed by atoms with Gasteiger partial charge in [-0.3, -0.25) is 4.79 Å². The number of nitrogens with zero attached hydrogens (tertiary/aromatic N) is 5. The average molecular weight is 447 g/mol. The summed E-state index contributed by atoms with van der Waals surface area (Å²) in [5.41, 5.74) is 3.07. The van der Waals surface area contributed by atoms with E-state index in [1.807, 2.05) is 41.4 Å². The lowest BCUT2D eigenvalue weighted by atomic mass is 10.1. The van der Waals surface area contributed by atoms with E-state index in [0.717, 1.165) is 34.9 Å². The summed E-state index contributed by atoms with van der Waals surface area (Å²) in [6, 6.07) is 10.9. The topological polar surface area (TPSA) is 94.4 Å². The van der Waals surface area contributed by atoms with Crippen LogP contribution < -0.4 is 10.3 Å². The maximum Gasteiger partial charge on any atom is 0.252 e. The van der Waals surface area contributed by atoms with E-state index in [0.29, 0.717) is 31.1 Å². The second-order valence-corrected chi connectivity index (χ2v) is 7.69. The van der Waals surface area contributed by atoms with Gasteiger partial charge in [0.05, 0.1) is 30.7 Å². The second-order valence-electron chi connectivity index (χ2n) is 7.17. The summed E-state index contributed by atoms with van der Waals surface area (Å²) in [5, 5.41) is 15.4. The molecule has 1 aliphatic carbocycles. The van der Waals surface area contributed by atoms with Gasteiger partial charge in [-0.1, -0.05) is 30.4 Å². The first-order valence-electron chi connectivity index (χ1n) is 10.3. The Balaban J connectivity index is 1.62. The van der Waals surface area contributed by atoms with Gasteiger partial charge in [0.2, 0.25) is 5.95 Å². The van der Waals surface area contributed by atoms with Crippen molar-refractivity contribution in [1.29, 1.82) is 5.26 Å². The van der Waals surface area contributed by atoms with Gasteiger partial charge in [0, 0.05) is 41.7 Å². The first kappa shape index (κ1) is 21.8. The van der Waals surface area contributed by atoms with Crippen molar-refractivity contribution < 1.29 is 9.53 Å². The lowest BCUT2D eigenvalue weighted by Gasteiger charge is -2.38. The Bertz CT molecular complexity index is 1100. The number of benzene rings is 1. The third-order valence-corrected chi connectivity index (χ3v) is 5.37. The lowest BCUT2D eigenvalue weighted by molar-refractivity contribution is 0.0352. The molecule has 1 aliphatic heterocycles. The van der Waals surface area contributed by atoms with Crippen molar-refractivity contribution in [3.8, 4) is 17.3 Å². The van der Waals surface area contributed by atoms with Gasteiger partial charge in [-0.05, 0) is 30.4 Å². The Morgan fingerprint density at radius 1 is 1.22 bits per heavy atom. The molecule has 162 valence electrons. The van der Waals surface area contributed by atoms with Crippen molar-refractivity contribution in [2.75, 3.05) is 37.9 Å². The number of thiocarbonyl (C=S) groups is 1. The first-order chi connectivity index (χ1) is 15.7. The number of morpholine rings is 1. The zero-order valence-electron chi connectivity index (χ0n) is 17.4. The molecule has 0 bridgehead atoms. The summed E-state index contributed by atoms with van der Waals surface area (Å²) in [6.45, 7) is 2.72. The Morgan fingerprint density at radius 3 is 2.69 bits per heavy atom. The summed E-state index contributed by atoms with van der Waals surface area (Å²) in [4.78, 5) is 22.3. The molecule has 1 aromatic carbocycles. The summed E-state index contributed by atoms with van der Waals surface area (Å²) in [7, 11) is 0. The van der Waals surface area contributed by atoms with Crippen molar-refractivity contribution >= 4 is 28.9 Å². The number of ether oxygens (including phenoxy) is 1. The van der Waals surface area contributed by atoms with Crippen molar-refractivity contribution in [3.63, 3.8) is 0 Å². The van der Waals surface area contributed by atoms with Gasteiger partial charge >= 0.3 is 0 Å². The van der Waals surface area contributed by atoms with Gasteiger partial charge in [-0.2, -0.15) is 5.26 Å². The van der Waals surface area contributed by atoms with Gasteiger partial charge in [0.25, 0.3) is 5.91 Å². The second kappa shape index (κ2) is 10.2. The van der Waals surface area contributed by atoms with Crippen molar-refractivity contribution in [1.82, 2.24) is 20.3 Å². The molecule has 4 rings (SSSR count).